The highest BCUT2D eigenvalue weighted by molar-refractivity contribution is 5.52. The van der Waals surface area contributed by atoms with Crippen LogP contribution in [0.2, 0.25) is 0 Å². The number of aromatic nitrogens is 1. The van der Waals surface area contributed by atoms with E-state index in [-0.39, 0.29) is 12.1 Å². The molecule has 1 aromatic rings. The van der Waals surface area contributed by atoms with Crippen LogP contribution in [0.3, 0.4) is 0 Å². The number of pyridine rings is 1. The van der Waals surface area contributed by atoms with Crippen molar-refractivity contribution in [2.24, 2.45) is 0 Å². The third-order valence-electron chi connectivity index (χ3n) is 2.91. The molecule has 0 bridgehead atoms. The lowest BCUT2D eigenvalue weighted by molar-refractivity contribution is 0.252. The van der Waals surface area contributed by atoms with Gasteiger partial charge in [0, 0.05) is 37.1 Å². The van der Waals surface area contributed by atoms with Gasteiger partial charge in [0.2, 0.25) is 0 Å². The number of rotatable bonds is 6. The van der Waals surface area contributed by atoms with Gasteiger partial charge in [-0.3, -0.25) is 0 Å². The molecule has 0 saturated heterocycles. The van der Waals surface area contributed by atoms with E-state index in [4.69, 9.17) is 5.11 Å². The molecule has 1 rings (SSSR count). The van der Waals surface area contributed by atoms with Crippen LogP contribution in [0.4, 0.5) is 11.5 Å². The fourth-order valence-electron chi connectivity index (χ4n) is 1.57. The zero-order chi connectivity index (χ0) is 12.0. The van der Waals surface area contributed by atoms with Gasteiger partial charge in [-0.15, -0.1) is 0 Å². The average molecular weight is 223 g/mol. The largest absolute Gasteiger partial charge is 0.396 e. The minimum atomic E-state index is -0.0683. The van der Waals surface area contributed by atoms with Crippen molar-refractivity contribution in [1.29, 1.82) is 0 Å². The fourth-order valence-corrected chi connectivity index (χ4v) is 1.57. The number of aliphatic hydroxyl groups is 1. The van der Waals surface area contributed by atoms with Gasteiger partial charge in [-0.25, -0.2) is 4.98 Å². The minimum absolute atomic E-state index is 0.0683. The molecule has 0 fully saturated rings. The molecule has 4 heteroatoms. The molecule has 3 N–H and O–H groups in total. The Balaban J connectivity index is 2.77. The average Bonchev–Trinajstić information content (AvgIpc) is 2.29. The Morgan fingerprint density at radius 3 is 2.81 bits per heavy atom. The first-order valence-corrected chi connectivity index (χ1v) is 5.66. The standard InChI is InChI=1S/C12H21N3O/c1-4-12(2,6-8-16)15-10-5-7-14-11(9-10)13-3/h5,7,9,16H,4,6,8H2,1-3H3,(H2,13,14,15). The second kappa shape index (κ2) is 5.70. The Morgan fingerprint density at radius 1 is 1.50 bits per heavy atom. The van der Waals surface area contributed by atoms with Crippen LogP contribution in [0.25, 0.3) is 0 Å². The van der Waals surface area contributed by atoms with Gasteiger partial charge in [0.25, 0.3) is 0 Å². The summed E-state index contributed by atoms with van der Waals surface area (Å²) in [6, 6.07) is 3.90. The summed E-state index contributed by atoms with van der Waals surface area (Å²) in [4.78, 5) is 4.16. The fraction of sp³-hybridized carbons (Fsp3) is 0.583. The molecule has 16 heavy (non-hydrogen) atoms. The van der Waals surface area contributed by atoms with E-state index in [0.717, 1.165) is 24.3 Å². The third-order valence-corrected chi connectivity index (χ3v) is 2.91. The molecule has 1 aromatic heterocycles. The summed E-state index contributed by atoms with van der Waals surface area (Å²) in [6.07, 6.45) is 3.47. The second-order valence-electron chi connectivity index (χ2n) is 4.19. The van der Waals surface area contributed by atoms with E-state index in [1.807, 2.05) is 19.2 Å². The van der Waals surface area contributed by atoms with Crippen molar-refractivity contribution in [2.75, 3.05) is 24.3 Å². The number of nitrogens with zero attached hydrogens (tertiary/aromatic N) is 1. The molecule has 1 atom stereocenters. The summed E-state index contributed by atoms with van der Waals surface area (Å²) in [6.45, 7) is 4.42. The van der Waals surface area contributed by atoms with E-state index in [9.17, 15) is 0 Å². The highest BCUT2D eigenvalue weighted by atomic mass is 16.3. The Labute approximate surface area is 97.1 Å². The molecular formula is C12H21N3O. The van der Waals surface area contributed by atoms with Gasteiger partial charge in [0.1, 0.15) is 5.82 Å². The number of anilines is 2. The van der Waals surface area contributed by atoms with Crippen molar-refractivity contribution in [3.8, 4) is 0 Å². The Hall–Kier alpha value is -1.29. The normalized spacial score (nSPS) is 14.2. The van der Waals surface area contributed by atoms with Crippen molar-refractivity contribution in [2.45, 2.75) is 32.2 Å². The van der Waals surface area contributed by atoms with Gasteiger partial charge in [-0.1, -0.05) is 6.92 Å². The van der Waals surface area contributed by atoms with Crippen LogP contribution in [0.5, 0.6) is 0 Å². The number of hydrogen-bond donors (Lipinski definition) is 3. The molecule has 0 aromatic carbocycles. The number of nitrogens with one attached hydrogen (secondary N) is 2. The van der Waals surface area contributed by atoms with Crippen molar-refractivity contribution in [1.82, 2.24) is 4.98 Å². The predicted molar refractivity (Wildman–Crippen MR) is 67.8 cm³/mol. The van der Waals surface area contributed by atoms with Crippen LogP contribution in [0.1, 0.15) is 26.7 Å². The highest BCUT2D eigenvalue weighted by Gasteiger charge is 2.20. The summed E-state index contributed by atoms with van der Waals surface area (Å²) in [5.74, 6) is 0.840. The zero-order valence-corrected chi connectivity index (χ0v) is 10.2. The Kier molecular flexibility index (Phi) is 4.55. The van der Waals surface area contributed by atoms with Crippen LogP contribution in [0, 0.1) is 0 Å². The molecule has 4 nitrogen and oxygen atoms in total. The quantitative estimate of drug-likeness (QED) is 0.691. The van der Waals surface area contributed by atoms with E-state index in [0.29, 0.717) is 0 Å². The molecule has 0 radical (unpaired) electrons. The van der Waals surface area contributed by atoms with Gasteiger partial charge >= 0.3 is 0 Å². The van der Waals surface area contributed by atoms with Crippen molar-refractivity contribution in [3.63, 3.8) is 0 Å². The lowest BCUT2D eigenvalue weighted by Crippen LogP contribution is -2.35. The maximum absolute atomic E-state index is 9.05. The maximum atomic E-state index is 9.05. The van der Waals surface area contributed by atoms with E-state index in [1.54, 1.807) is 6.20 Å². The summed E-state index contributed by atoms with van der Waals surface area (Å²) >= 11 is 0. The molecule has 0 spiro atoms. The van der Waals surface area contributed by atoms with E-state index >= 15 is 0 Å². The summed E-state index contributed by atoms with van der Waals surface area (Å²) in [7, 11) is 1.85. The number of hydrogen-bond acceptors (Lipinski definition) is 4. The lowest BCUT2D eigenvalue weighted by atomic mass is 9.94. The third kappa shape index (κ3) is 3.38. The molecule has 1 unspecified atom stereocenters. The minimum Gasteiger partial charge on any atom is -0.396 e. The Bertz CT molecular complexity index is 330. The SMILES string of the molecule is CCC(C)(CCO)Nc1ccnc(NC)c1. The first kappa shape index (κ1) is 12.8. The summed E-state index contributed by atoms with van der Waals surface area (Å²) in [5.41, 5.74) is 0.957. The van der Waals surface area contributed by atoms with Crippen molar-refractivity contribution < 1.29 is 5.11 Å². The first-order chi connectivity index (χ1) is 7.63. The molecule has 0 aliphatic carbocycles. The first-order valence-electron chi connectivity index (χ1n) is 5.66. The molecule has 1 heterocycles. The lowest BCUT2D eigenvalue weighted by Gasteiger charge is -2.30. The van der Waals surface area contributed by atoms with Crippen LogP contribution >= 0.6 is 0 Å². The summed E-state index contributed by atoms with van der Waals surface area (Å²) in [5, 5.41) is 15.5. The van der Waals surface area contributed by atoms with Gasteiger partial charge in [0.05, 0.1) is 0 Å². The molecule has 0 saturated carbocycles. The molecule has 0 aliphatic rings. The summed E-state index contributed by atoms with van der Waals surface area (Å²) < 4.78 is 0. The van der Waals surface area contributed by atoms with E-state index in [2.05, 4.69) is 29.5 Å². The number of aliphatic hydroxyl groups excluding tert-OH is 1. The van der Waals surface area contributed by atoms with Crippen LogP contribution in [0.15, 0.2) is 18.3 Å². The van der Waals surface area contributed by atoms with Crippen LogP contribution in [-0.4, -0.2) is 29.3 Å². The Morgan fingerprint density at radius 2 is 2.25 bits per heavy atom. The van der Waals surface area contributed by atoms with E-state index in [1.165, 1.54) is 0 Å². The van der Waals surface area contributed by atoms with Crippen molar-refractivity contribution >= 4 is 11.5 Å². The molecule has 0 aliphatic heterocycles. The van der Waals surface area contributed by atoms with Gasteiger partial charge in [-0.2, -0.15) is 0 Å². The second-order valence-corrected chi connectivity index (χ2v) is 4.19. The van der Waals surface area contributed by atoms with Crippen molar-refractivity contribution in [3.05, 3.63) is 18.3 Å². The van der Waals surface area contributed by atoms with Gasteiger partial charge in [0.15, 0.2) is 0 Å². The highest BCUT2D eigenvalue weighted by Crippen LogP contribution is 2.22. The van der Waals surface area contributed by atoms with Crippen LogP contribution in [-0.2, 0) is 0 Å². The van der Waals surface area contributed by atoms with Crippen LogP contribution < -0.4 is 10.6 Å². The topological polar surface area (TPSA) is 57.2 Å². The van der Waals surface area contributed by atoms with E-state index < -0.39 is 0 Å². The van der Waals surface area contributed by atoms with Gasteiger partial charge in [-0.05, 0) is 25.8 Å². The predicted octanol–water partition coefficient (Wildman–Crippen LogP) is 2.09. The molecule has 90 valence electrons. The maximum Gasteiger partial charge on any atom is 0.127 e. The molecular weight excluding hydrogens is 202 g/mol. The monoisotopic (exact) mass is 223 g/mol. The zero-order valence-electron chi connectivity index (χ0n) is 10.2. The smallest absolute Gasteiger partial charge is 0.127 e. The molecule has 0 amide bonds. The van der Waals surface area contributed by atoms with Gasteiger partial charge < -0.3 is 15.7 Å².